The Hall–Kier alpha value is -1.62. The maximum absolute atomic E-state index is 13.3. The molecule has 0 aromatic heterocycles. The van der Waals surface area contributed by atoms with E-state index in [9.17, 15) is 9.18 Å². The first-order valence-corrected chi connectivity index (χ1v) is 7.26. The van der Waals surface area contributed by atoms with E-state index in [0.717, 1.165) is 12.0 Å². The van der Waals surface area contributed by atoms with Gasteiger partial charge in [-0.15, -0.1) is 0 Å². The molecule has 116 valence electrons. The van der Waals surface area contributed by atoms with Crippen LogP contribution in [0.5, 0.6) is 0 Å². The van der Waals surface area contributed by atoms with Crippen LogP contribution < -0.4 is 5.73 Å². The molecule has 0 radical (unpaired) electrons. The first-order chi connectivity index (χ1) is 9.76. The maximum atomic E-state index is 13.3. The van der Waals surface area contributed by atoms with Crippen LogP contribution in [0.4, 0.5) is 9.18 Å². The summed E-state index contributed by atoms with van der Waals surface area (Å²) >= 11 is 0. The lowest BCUT2D eigenvalue weighted by Gasteiger charge is -2.30. The molecule has 4 nitrogen and oxygen atoms in total. The summed E-state index contributed by atoms with van der Waals surface area (Å²) in [7, 11) is 0. The standard InChI is InChI=1S/C16H23FN2O2/c1-16(2,3)21-15(20)19-8-7-13(18)14(19)10-11-5-4-6-12(17)9-11/h4-6,9,13-14H,7-8,10,18H2,1-3H3/t13-,14?/m1/s1. The van der Waals surface area contributed by atoms with E-state index in [0.29, 0.717) is 13.0 Å². The second kappa shape index (κ2) is 6.02. The smallest absolute Gasteiger partial charge is 0.410 e. The number of halogens is 1. The van der Waals surface area contributed by atoms with Crippen LogP contribution in [-0.2, 0) is 11.2 Å². The van der Waals surface area contributed by atoms with Gasteiger partial charge < -0.3 is 15.4 Å². The van der Waals surface area contributed by atoms with Crippen molar-refractivity contribution >= 4 is 6.09 Å². The molecule has 2 N–H and O–H groups in total. The zero-order chi connectivity index (χ0) is 15.6. The minimum absolute atomic E-state index is 0.110. The molecule has 0 spiro atoms. The highest BCUT2D eigenvalue weighted by molar-refractivity contribution is 5.69. The number of hydrogen-bond donors (Lipinski definition) is 1. The van der Waals surface area contributed by atoms with Gasteiger partial charge in [0.25, 0.3) is 0 Å². The Morgan fingerprint density at radius 3 is 2.81 bits per heavy atom. The molecule has 1 heterocycles. The van der Waals surface area contributed by atoms with E-state index in [-0.39, 0.29) is 24.0 Å². The molecular weight excluding hydrogens is 271 g/mol. The Kier molecular flexibility index (Phi) is 4.52. The van der Waals surface area contributed by atoms with Crippen molar-refractivity contribution in [3.63, 3.8) is 0 Å². The van der Waals surface area contributed by atoms with Crippen molar-refractivity contribution in [1.29, 1.82) is 0 Å². The predicted molar refractivity (Wildman–Crippen MR) is 79.4 cm³/mol. The normalized spacial score (nSPS) is 22.4. The number of ether oxygens (including phenoxy) is 1. The van der Waals surface area contributed by atoms with E-state index in [1.807, 2.05) is 26.8 Å². The summed E-state index contributed by atoms with van der Waals surface area (Å²) in [6.45, 7) is 6.09. The highest BCUT2D eigenvalue weighted by Crippen LogP contribution is 2.23. The number of hydrogen-bond acceptors (Lipinski definition) is 3. The van der Waals surface area contributed by atoms with Crippen molar-refractivity contribution in [2.75, 3.05) is 6.54 Å². The summed E-state index contributed by atoms with van der Waals surface area (Å²) in [6, 6.07) is 6.15. The third kappa shape index (κ3) is 4.17. The monoisotopic (exact) mass is 294 g/mol. The largest absolute Gasteiger partial charge is 0.444 e. The van der Waals surface area contributed by atoms with Gasteiger partial charge in [-0.05, 0) is 51.3 Å². The summed E-state index contributed by atoms with van der Waals surface area (Å²) in [5.41, 5.74) is 6.42. The summed E-state index contributed by atoms with van der Waals surface area (Å²) in [6.07, 6.45) is 0.925. The Morgan fingerprint density at radius 2 is 2.19 bits per heavy atom. The average Bonchev–Trinajstić information content (AvgIpc) is 2.69. The molecule has 0 saturated carbocycles. The molecule has 21 heavy (non-hydrogen) atoms. The van der Waals surface area contributed by atoms with Crippen LogP contribution in [0.25, 0.3) is 0 Å². The third-order valence-corrected chi connectivity index (χ3v) is 3.56. The van der Waals surface area contributed by atoms with E-state index >= 15 is 0 Å². The lowest BCUT2D eigenvalue weighted by molar-refractivity contribution is 0.0220. The Morgan fingerprint density at radius 1 is 1.48 bits per heavy atom. The van der Waals surface area contributed by atoms with Crippen molar-refractivity contribution in [2.45, 2.75) is 51.3 Å². The fraction of sp³-hybridized carbons (Fsp3) is 0.562. The van der Waals surface area contributed by atoms with Gasteiger partial charge in [0.05, 0.1) is 6.04 Å². The Labute approximate surface area is 125 Å². The lowest BCUT2D eigenvalue weighted by Crippen LogP contribution is -2.46. The topological polar surface area (TPSA) is 55.6 Å². The molecule has 1 aromatic rings. The van der Waals surface area contributed by atoms with Crippen molar-refractivity contribution < 1.29 is 13.9 Å². The van der Waals surface area contributed by atoms with Crippen molar-refractivity contribution in [2.24, 2.45) is 5.73 Å². The number of carbonyl (C=O) groups is 1. The van der Waals surface area contributed by atoms with E-state index in [2.05, 4.69) is 0 Å². The number of nitrogens with two attached hydrogens (primary N) is 1. The van der Waals surface area contributed by atoms with Gasteiger partial charge >= 0.3 is 6.09 Å². The summed E-state index contributed by atoms with van der Waals surface area (Å²) in [5, 5.41) is 0. The predicted octanol–water partition coefficient (Wildman–Crippen LogP) is 2.70. The van der Waals surface area contributed by atoms with Gasteiger partial charge in [0.2, 0.25) is 0 Å². The molecule has 1 amide bonds. The molecule has 1 aromatic carbocycles. The molecule has 1 unspecified atom stereocenters. The zero-order valence-electron chi connectivity index (χ0n) is 12.8. The number of nitrogens with zero attached hydrogens (tertiary/aromatic N) is 1. The first-order valence-electron chi connectivity index (χ1n) is 7.26. The van der Waals surface area contributed by atoms with Crippen LogP contribution in [0.3, 0.4) is 0 Å². The molecule has 5 heteroatoms. The minimum atomic E-state index is -0.535. The van der Waals surface area contributed by atoms with Crippen LogP contribution in [0, 0.1) is 5.82 Å². The number of amides is 1. The second-order valence-electron chi connectivity index (χ2n) is 6.53. The Bertz CT molecular complexity index is 513. The zero-order valence-corrected chi connectivity index (χ0v) is 12.8. The van der Waals surface area contributed by atoms with E-state index in [1.165, 1.54) is 12.1 Å². The number of benzene rings is 1. The lowest BCUT2D eigenvalue weighted by atomic mass is 10.0. The summed E-state index contributed by atoms with van der Waals surface area (Å²) < 4.78 is 18.7. The molecule has 0 aliphatic carbocycles. The highest BCUT2D eigenvalue weighted by Gasteiger charge is 2.37. The quantitative estimate of drug-likeness (QED) is 0.912. The average molecular weight is 294 g/mol. The molecule has 0 bridgehead atoms. The van der Waals surface area contributed by atoms with Crippen molar-refractivity contribution in [3.8, 4) is 0 Å². The minimum Gasteiger partial charge on any atom is -0.444 e. The van der Waals surface area contributed by atoms with Crippen molar-refractivity contribution in [1.82, 2.24) is 4.90 Å². The van der Waals surface area contributed by atoms with E-state index in [4.69, 9.17) is 10.5 Å². The van der Waals surface area contributed by atoms with Gasteiger partial charge in [-0.1, -0.05) is 12.1 Å². The Balaban J connectivity index is 2.10. The van der Waals surface area contributed by atoms with Crippen LogP contribution in [-0.4, -0.2) is 35.2 Å². The fourth-order valence-corrected chi connectivity index (χ4v) is 2.59. The molecule has 1 fully saturated rings. The van der Waals surface area contributed by atoms with Crippen LogP contribution >= 0.6 is 0 Å². The summed E-state index contributed by atoms with van der Waals surface area (Å²) in [5.74, 6) is -0.275. The van der Waals surface area contributed by atoms with Crippen LogP contribution in [0.2, 0.25) is 0 Å². The summed E-state index contributed by atoms with van der Waals surface area (Å²) in [4.78, 5) is 13.9. The fourth-order valence-electron chi connectivity index (χ4n) is 2.59. The molecule has 2 atom stereocenters. The first kappa shape index (κ1) is 15.8. The van der Waals surface area contributed by atoms with Crippen LogP contribution in [0.1, 0.15) is 32.8 Å². The highest BCUT2D eigenvalue weighted by atomic mass is 19.1. The van der Waals surface area contributed by atoms with Gasteiger partial charge in [0, 0.05) is 12.6 Å². The molecule has 2 rings (SSSR count). The van der Waals surface area contributed by atoms with Gasteiger partial charge in [-0.25, -0.2) is 9.18 Å². The number of carbonyl (C=O) groups excluding carboxylic acids is 1. The molecule has 1 saturated heterocycles. The third-order valence-electron chi connectivity index (χ3n) is 3.56. The number of rotatable bonds is 2. The van der Waals surface area contributed by atoms with E-state index < -0.39 is 5.60 Å². The van der Waals surface area contributed by atoms with Gasteiger partial charge in [-0.3, -0.25) is 0 Å². The van der Waals surface area contributed by atoms with Crippen molar-refractivity contribution in [3.05, 3.63) is 35.6 Å². The SMILES string of the molecule is CC(C)(C)OC(=O)N1CC[C@@H](N)C1Cc1cccc(F)c1. The second-order valence-corrected chi connectivity index (χ2v) is 6.53. The van der Waals surface area contributed by atoms with Gasteiger partial charge in [-0.2, -0.15) is 0 Å². The van der Waals surface area contributed by atoms with Gasteiger partial charge in [0.15, 0.2) is 0 Å². The van der Waals surface area contributed by atoms with E-state index in [1.54, 1.807) is 11.0 Å². The maximum Gasteiger partial charge on any atom is 0.410 e. The molecular formula is C16H23FN2O2. The molecule has 1 aliphatic rings. The van der Waals surface area contributed by atoms with Crippen LogP contribution in [0.15, 0.2) is 24.3 Å². The molecule has 1 aliphatic heterocycles. The number of likely N-dealkylation sites (tertiary alicyclic amines) is 1. The van der Waals surface area contributed by atoms with Gasteiger partial charge in [0.1, 0.15) is 11.4 Å².